The number of rotatable bonds is 5. The molecule has 6 heteroatoms. The van der Waals surface area contributed by atoms with E-state index in [1.807, 2.05) is 24.5 Å². The van der Waals surface area contributed by atoms with Crippen LogP contribution < -0.4 is 0 Å². The van der Waals surface area contributed by atoms with Gasteiger partial charge in [0.15, 0.2) is 0 Å². The topological polar surface area (TPSA) is 54.5 Å². The molecule has 0 aromatic carbocycles. The van der Waals surface area contributed by atoms with Gasteiger partial charge in [-0.2, -0.15) is 0 Å². The smallest absolute Gasteiger partial charge is 0.137 e. The van der Waals surface area contributed by atoms with E-state index in [0.29, 0.717) is 10.0 Å². The highest BCUT2D eigenvalue weighted by atomic mass is 35.5. The fourth-order valence-corrected chi connectivity index (χ4v) is 3.35. The highest BCUT2D eigenvalue weighted by Crippen LogP contribution is 2.22. The lowest BCUT2D eigenvalue weighted by molar-refractivity contribution is 0.905. The molecule has 0 amide bonds. The third-order valence-electron chi connectivity index (χ3n) is 4.37. The van der Waals surface area contributed by atoms with Crippen LogP contribution >= 0.6 is 23.2 Å². The van der Waals surface area contributed by atoms with Gasteiger partial charge >= 0.3 is 0 Å². The number of pyridine rings is 3. The summed E-state index contributed by atoms with van der Waals surface area (Å²) in [6, 6.07) is 8.08. The average molecular weight is 383 g/mol. The molecular weight excluding hydrogens is 367 g/mol. The van der Waals surface area contributed by atoms with Crippen LogP contribution in [-0.2, 0) is 19.3 Å². The number of fused-ring (bicyclic) bond motifs is 1. The molecule has 130 valence electrons. The van der Waals surface area contributed by atoms with Gasteiger partial charge in [0.25, 0.3) is 0 Å². The number of nitrogens with one attached hydrogen (secondary N) is 1. The standard InChI is InChI=1S/C20H16Cl2N4/c21-16-8-18-15(10-25-20(18)26-11-16)7-13-1-3-17(24-9-13)4-2-14-5-6-23-12-19(14)22/h1,3,5-6,8-12H,2,4,7H2,(H,25,26). The second-order valence-electron chi connectivity index (χ2n) is 6.17. The summed E-state index contributed by atoms with van der Waals surface area (Å²) in [5.41, 5.74) is 5.30. The zero-order valence-corrected chi connectivity index (χ0v) is 15.4. The van der Waals surface area contributed by atoms with Crippen molar-refractivity contribution >= 4 is 34.2 Å². The number of hydrogen-bond donors (Lipinski definition) is 1. The number of aryl methyl sites for hydroxylation is 2. The molecule has 26 heavy (non-hydrogen) atoms. The Labute approximate surface area is 161 Å². The van der Waals surface area contributed by atoms with Crippen LogP contribution in [0.3, 0.4) is 0 Å². The van der Waals surface area contributed by atoms with Crippen LogP contribution in [0.5, 0.6) is 0 Å². The Hall–Kier alpha value is -2.43. The fourth-order valence-electron chi connectivity index (χ4n) is 2.98. The Bertz CT molecular complexity index is 1040. The second kappa shape index (κ2) is 7.44. The summed E-state index contributed by atoms with van der Waals surface area (Å²) in [6.45, 7) is 0. The van der Waals surface area contributed by atoms with Gasteiger partial charge in [-0.3, -0.25) is 9.97 Å². The van der Waals surface area contributed by atoms with Crippen molar-refractivity contribution in [1.82, 2.24) is 19.9 Å². The molecule has 0 saturated heterocycles. The van der Waals surface area contributed by atoms with Crippen molar-refractivity contribution in [2.45, 2.75) is 19.3 Å². The van der Waals surface area contributed by atoms with Crippen molar-refractivity contribution in [2.75, 3.05) is 0 Å². The van der Waals surface area contributed by atoms with Crippen molar-refractivity contribution in [3.63, 3.8) is 0 Å². The molecule has 0 fully saturated rings. The molecule has 0 aliphatic heterocycles. The van der Waals surface area contributed by atoms with Crippen molar-refractivity contribution in [2.24, 2.45) is 0 Å². The Morgan fingerprint density at radius 1 is 0.923 bits per heavy atom. The van der Waals surface area contributed by atoms with E-state index in [1.165, 1.54) is 0 Å². The minimum absolute atomic E-state index is 0.640. The molecule has 0 spiro atoms. The van der Waals surface area contributed by atoms with Gasteiger partial charge in [0.1, 0.15) is 5.65 Å². The molecule has 4 nitrogen and oxygen atoms in total. The first-order valence-electron chi connectivity index (χ1n) is 8.33. The minimum Gasteiger partial charge on any atom is -0.346 e. The van der Waals surface area contributed by atoms with E-state index >= 15 is 0 Å². The van der Waals surface area contributed by atoms with Crippen LogP contribution in [0.2, 0.25) is 10.0 Å². The van der Waals surface area contributed by atoms with Crippen molar-refractivity contribution in [3.05, 3.63) is 87.7 Å². The number of H-pyrrole nitrogens is 1. The van der Waals surface area contributed by atoms with Gasteiger partial charge < -0.3 is 4.98 Å². The first kappa shape index (κ1) is 17.0. The van der Waals surface area contributed by atoms with Crippen molar-refractivity contribution in [3.8, 4) is 0 Å². The van der Waals surface area contributed by atoms with E-state index in [9.17, 15) is 0 Å². The monoisotopic (exact) mass is 382 g/mol. The van der Waals surface area contributed by atoms with Crippen LogP contribution in [0.15, 0.2) is 55.2 Å². The van der Waals surface area contributed by atoms with Gasteiger partial charge in [0, 0.05) is 48.5 Å². The zero-order chi connectivity index (χ0) is 17.9. The third kappa shape index (κ3) is 3.71. The van der Waals surface area contributed by atoms with E-state index in [4.69, 9.17) is 23.2 Å². The summed E-state index contributed by atoms with van der Waals surface area (Å²) in [6.07, 6.45) is 11.5. The average Bonchev–Trinajstić information content (AvgIpc) is 3.04. The van der Waals surface area contributed by atoms with Gasteiger partial charge in [-0.05, 0) is 47.7 Å². The fraction of sp³-hybridized carbons (Fsp3) is 0.150. The number of nitrogens with zero attached hydrogens (tertiary/aromatic N) is 3. The molecule has 4 heterocycles. The highest BCUT2D eigenvalue weighted by Gasteiger charge is 2.07. The molecule has 0 bridgehead atoms. The summed E-state index contributed by atoms with van der Waals surface area (Å²) in [7, 11) is 0. The molecule has 0 unspecified atom stereocenters. The summed E-state index contributed by atoms with van der Waals surface area (Å²) >= 11 is 12.2. The van der Waals surface area contributed by atoms with E-state index in [2.05, 4.69) is 32.1 Å². The van der Waals surface area contributed by atoms with Gasteiger partial charge in [-0.25, -0.2) is 4.98 Å². The maximum absolute atomic E-state index is 6.15. The van der Waals surface area contributed by atoms with E-state index in [-0.39, 0.29) is 0 Å². The summed E-state index contributed by atoms with van der Waals surface area (Å²) in [5.74, 6) is 0. The van der Waals surface area contributed by atoms with Crippen LogP contribution in [0.25, 0.3) is 11.0 Å². The Kier molecular flexibility index (Phi) is 4.87. The number of aromatic amines is 1. The molecular formula is C20H16Cl2N4. The number of aromatic nitrogens is 4. The summed E-state index contributed by atoms with van der Waals surface area (Å²) < 4.78 is 0. The third-order valence-corrected chi connectivity index (χ3v) is 4.92. The Morgan fingerprint density at radius 2 is 1.85 bits per heavy atom. The van der Waals surface area contributed by atoms with Gasteiger partial charge in [-0.15, -0.1) is 0 Å². The van der Waals surface area contributed by atoms with Crippen LogP contribution in [-0.4, -0.2) is 19.9 Å². The van der Waals surface area contributed by atoms with E-state index in [0.717, 1.165) is 52.7 Å². The van der Waals surface area contributed by atoms with Gasteiger partial charge in [0.05, 0.1) is 10.0 Å². The predicted octanol–water partition coefficient (Wildman–Crippen LogP) is 5.04. The molecule has 4 rings (SSSR count). The van der Waals surface area contributed by atoms with Gasteiger partial charge in [-0.1, -0.05) is 29.3 Å². The Balaban J connectivity index is 1.45. The SMILES string of the molecule is Clc1cnc2[nH]cc(Cc3ccc(CCc4ccncc4Cl)nc3)c2c1. The van der Waals surface area contributed by atoms with Crippen LogP contribution in [0.4, 0.5) is 0 Å². The first-order valence-corrected chi connectivity index (χ1v) is 9.08. The van der Waals surface area contributed by atoms with Crippen molar-refractivity contribution in [1.29, 1.82) is 0 Å². The predicted molar refractivity (Wildman–Crippen MR) is 105 cm³/mol. The quantitative estimate of drug-likeness (QED) is 0.526. The normalized spacial score (nSPS) is 11.2. The lowest BCUT2D eigenvalue weighted by Gasteiger charge is -2.05. The number of hydrogen-bond acceptors (Lipinski definition) is 3. The number of halogens is 2. The largest absolute Gasteiger partial charge is 0.346 e. The molecule has 0 aliphatic carbocycles. The summed E-state index contributed by atoms with van der Waals surface area (Å²) in [4.78, 5) is 16.1. The molecule has 4 aromatic heterocycles. The van der Waals surface area contributed by atoms with Crippen molar-refractivity contribution < 1.29 is 0 Å². The van der Waals surface area contributed by atoms with Crippen LogP contribution in [0.1, 0.15) is 22.4 Å². The first-order chi connectivity index (χ1) is 12.7. The highest BCUT2D eigenvalue weighted by molar-refractivity contribution is 6.31. The minimum atomic E-state index is 0.640. The van der Waals surface area contributed by atoms with E-state index in [1.54, 1.807) is 18.6 Å². The molecule has 0 atom stereocenters. The van der Waals surface area contributed by atoms with Gasteiger partial charge in [0.2, 0.25) is 0 Å². The molecule has 0 aliphatic rings. The van der Waals surface area contributed by atoms with Crippen LogP contribution in [0, 0.1) is 0 Å². The van der Waals surface area contributed by atoms with E-state index < -0.39 is 0 Å². The summed E-state index contributed by atoms with van der Waals surface area (Å²) in [5, 5.41) is 2.39. The lowest BCUT2D eigenvalue weighted by atomic mass is 10.1. The second-order valence-corrected chi connectivity index (χ2v) is 7.01. The maximum atomic E-state index is 6.15. The maximum Gasteiger partial charge on any atom is 0.137 e. The lowest BCUT2D eigenvalue weighted by Crippen LogP contribution is -1.97. The molecule has 0 radical (unpaired) electrons. The zero-order valence-electron chi connectivity index (χ0n) is 13.9. The molecule has 0 saturated carbocycles. The molecule has 1 N–H and O–H groups in total. The Morgan fingerprint density at radius 3 is 2.65 bits per heavy atom. The molecule has 4 aromatic rings.